The number of rotatable bonds is 7. The number of hydrogen-bond donors (Lipinski definition) is 3. The van der Waals surface area contributed by atoms with Crippen LogP contribution in [0.4, 0.5) is 22.8 Å². The van der Waals surface area contributed by atoms with Crippen LogP contribution in [0.15, 0.2) is 9.59 Å². The average Bonchev–Trinajstić information content (AvgIpc) is 2.99. The zero-order chi connectivity index (χ0) is 24.4. The van der Waals surface area contributed by atoms with Gasteiger partial charge in [0.05, 0.1) is 31.0 Å². The fourth-order valence-electron chi connectivity index (χ4n) is 2.95. The molecule has 0 fully saturated rings. The molecule has 1 unspecified atom stereocenters. The number of nitrogens with two attached hydrogens (primary N) is 1. The van der Waals surface area contributed by atoms with Gasteiger partial charge in [0.25, 0.3) is 5.56 Å². The number of primary amides is 1. The topological polar surface area (TPSA) is 149 Å². The average molecular weight is 481 g/mol. The molecule has 32 heavy (non-hydrogen) atoms. The third kappa shape index (κ3) is 5.59. The van der Waals surface area contributed by atoms with Crippen LogP contribution in [0, 0.1) is 6.92 Å². The maximum absolute atomic E-state index is 13.0. The standard InChI is InChI=1S/C17H22F3N5O6S/c1-8(31-3)6-24-12(26)11-9(2)10(7-25(14(21)27)22-15(28)29)32-13(11)23(16(24)30)5-4-17(18,19)20/h8,22H,4-7H2,1-3H3,(H2,21,27)(H,28,29). The Bertz CT molecular complexity index is 1140. The van der Waals surface area contributed by atoms with Gasteiger partial charge in [-0.15, -0.1) is 11.3 Å². The minimum Gasteiger partial charge on any atom is -0.464 e. The minimum atomic E-state index is -4.55. The quantitative estimate of drug-likeness (QED) is 0.512. The maximum atomic E-state index is 13.0. The zero-order valence-electron chi connectivity index (χ0n) is 17.4. The third-order valence-corrected chi connectivity index (χ3v) is 5.95. The van der Waals surface area contributed by atoms with Gasteiger partial charge in [-0.05, 0) is 19.4 Å². The predicted molar refractivity (Wildman–Crippen MR) is 109 cm³/mol. The second-order valence-corrected chi connectivity index (χ2v) is 8.02. The molecule has 0 radical (unpaired) electrons. The Labute approximate surface area is 182 Å². The second-order valence-electron chi connectivity index (χ2n) is 6.93. The van der Waals surface area contributed by atoms with Crippen LogP contribution >= 0.6 is 11.3 Å². The van der Waals surface area contributed by atoms with Gasteiger partial charge < -0.3 is 15.6 Å². The van der Waals surface area contributed by atoms with E-state index < -0.39 is 55.2 Å². The first-order valence-corrected chi connectivity index (χ1v) is 10.00. The van der Waals surface area contributed by atoms with Crippen molar-refractivity contribution in [1.29, 1.82) is 0 Å². The molecule has 2 aromatic heterocycles. The monoisotopic (exact) mass is 481 g/mol. The highest BCUT2D eigenvalue weighted by Crippen LogP contribution is 2.30. The van der Waals surface area contributed by atoms with E-state index in [0.717, 1.165) is 20.5 Å². The van der Waals surface area contributed by atoms with Crippen LogP contribution < -0.4 is 22.4 Å². The molecule has 1 atom stereocenters. The number of hydrazine groups is 1. The number of alkyl halides is 3. The van der Waals surface area contributed by atoms with Crippen molar-refractivity contribution in [2.75, 3.05) is 7.11 Å². The number of carboxylic acid groups (broad SMARTS) is 1. The van der Waals surface area contributed by atoms with Crippen LogP contribution in [0.25, 0.3) is 10.2 Å². The number of fused-ring (bicyclic) bond motifs is 1. The van der Waals surface area contributed by atoms with Crippen LogP contribution in [-0.4, -0.2) is 50.8 Å². The van der Waals surface area contributed by atoms with Crippen LogP contribution in [0.1, 0.15) is 23.8 Å². The number of ether oxygens (including phenoxy) is 1. The summed E-state index contributed by atoms with van der Waals surface area (Å²) in [5, 5.41) is 9.41. The second kappa shape index (κ2) is 9.60. The summed E-state index contributed by atoms with van der Waals surface area (Å²) in [6, 6.07) is -1.13. The lowest BCUT2D eigenvalue weighted by atomic mass is 10.2. The Hall–Kier alpha value is -3.07. The van der Waals surface area contributed by atoms with Crippen molar-refractivity contribution >= 4 is 33.7 Å². The van der Waals surface area contributed by atoms with Gasteiger partial charge in [0.1, 0.15) is 4.83 Å². The molecule has 4 N–H and O–H groups in total. The summed E-state index contributed by atoms with van der Waals surface area (Å²) in [4.78, 5) is 48.6. The van der Waals surface area contributed by atoms with E-state index >= 15 is 0 Å². The van der Waals surface area contributed by atoms with Crippen LogP contribution in [0.5, 0.6) is 0 Å². The van der Waals surface area contributed by atoms with Crippen LogP contribution in [0.2, 0.25) is 0 Å². The maximum Gasteiger partial charge on any atom is 0.423 e. The highest BCUT2D eigenvalue weighted by atomic mass is 32.1. The molecule has 0 saturated carbocycles. The molecular weight excluding hydrogens is 459 g/mol. The van der Waals surface area contributed by atoms with Crippen molar-refractivity contribution < 1.29 is 32.6 Å². The lowest BCUT2D eigenvalue weighted by molar-refractivity contribution is -0.136. The number of hydrogen-bond acceptors (Lipinski definition) is 6. The van der Waals surface area contributed by atoms with Crippen LogP contribution in [0.3, 0.4) is 0 Å². The minimum absolute atomic E-state index is 0.00479. The Balaban J connectivity index is 2.72. The molecule has 178 valence electrons. The number of nitrogens with zero attached hydrogens (tertiary/aromatic N) is 3. The van der Waals surface area contributed by atoms with Gasteiger partial charge in [0.15, 0.2) is 0 Å². The number of halogens is 3. The van der Waals surface area contributed by atoms with E-state index in [4.69, 9.17) is 15.6 Å². The molecule has 2 heterocycles. The Morgan fingerprint density at radius 3 is 2.44 bits per heavy atom. The summed E-state index contributed by atoms with van der Waals surface area (Å²) in [5.74, 6) is 0. The van der Waals surface area contributed by atoms with Gasteiger partial charge in [0, 0.05) is 18.5 Å². The number of carbonyl (C=O) groups excluding carboxylic acids is 1. The van der Waals surface area contributed by atoms with Crippen LogP contribution in [-0.2, 0) is 24.4 Å². The molecule has 0 saturated heterocycles. The van der Waals surface area contributed by atoms with Crippen molar-refractivity contribution in [1.82, 2.24) is 19.6 Å². The number of thiophene rings is 1. The van der Waals surface area contributed by atoms with E-state index in [-0.39, 0.29) is 27.2 Å². The van der Waals surface area contributed by atoms with E-state index in [0.29, 0.717) is 5.01 Å². The Morgan fingerprint density at radius 1 is 1.31 bits per heavy atom. The van der Waals surface area contributed by atoms with E-state index in [1.165, 1.54) is 14.0 Å². The zero-order valence-corrected chi connectivity index (χ0v) is 18.2. The molecule has 11 nitrogen and oxygen atoms in total. The lowest BCUT2D eigenvalue weighted by Crippen LogP contribution is -2.47. The summed E-state index contributed by atoms with van der Waals surface area (Å²) in [7, 11) is 1.36. The fourth-order valence-corrected chi connectivity index (χ4v) is 4.26. The van der Waals surface area contributed by atoms with Crippen molar-refractivity contribution in [2.45, 2.75) is 52.2 Å². The first-order valence-electron chi connectivity index (χ1n) is 9.18. The van der Waals surface area contributed by atoms with E-state index in [9.17, 15) is 32.3 Å². The van der Waals surface area contributed by atoms with Gasteiger partial charge in [-0.2, -0.15) is 13.2 Å². The van der Waals surface area contributed by atoms with Gasteiger partial charge in [-0.1, -0.05) is 0 Å². The number of amides is 3. The summed E-state index contributed by atoms with van der Waals surface area (Å²) in [6.45, 7) is 1.76. The van der Waals surface area contributed by atoms with E-state index in [2.05, 4.69) is 0 Å². The summed E-state index contributed by atoms with van der Waals surface area (Å²) in [5.41, 5.74) is 5.58. The molecule has 0 aliphatic rings. The molecule has 0 aliphatic carbocycles. The molecule has 0 bridgehead atoms. The molecule has 15 heteroatoms. The first kappa shape index (κ1) is 25.2. The number of aromatic nitrogens is 2. The molecule has 3 amide bonds. The Kier molecular flexibility index (Phi) is 7.56. The normalized spacial score (nSPS) is 12.7. The van der Waals surface area contributed by atoms with Gasteiger partial charge in [0.2, 0.25) is 0 Å². The number of carbonyl (C=O) groups is 2. The smallest absolute Gasteiger partial charge is 0.423 e. The summed E-state index contributed by atoms with van der Waals surface area (Å²) >= 11 is 0.804. The molecule has 2 rings (SSSR count). The third-order valence-electron chi connectivity index (χ3n) is 4.65. The molecular formula is C17H22F3N5O6S. The predicted octanol–water partition coefficient (Wildman–Crippen LogP) is 1.58. The molecule has 0 aromatic carbocycles. The van der Waals surface area contributed by atoms with E-state index in [1.807, 2.05) is 0 Å². The SMILES string of the molecule is COC(C)Cn1c(=O)c2c(C)c(CN(NC(=O)O)C(N)=O)sc2n(CCC(F)(F)F)c1=O. The number of nitrogens with one attached hydrogen (secondary N) is 1. The molecule has 0 aliphatic heterocycles. The lowest BCUT2D eigenvalue weighted by Gasteiger charge is -2.18. The summed E-state index contributed by atoms with van der Waals surface area (Å²) < 4.78 is 45.3. The summed E-state index contributed by atoms with van der Waals surface area (Å²) in [6.07, 6.45) is -7.99. The Morgan fingerprint density at radius 2 is 1.94 bits per heavy atom. The largest absolute Gasteiger partial charge is 0.464 e. The van der Waals surface area contributed by atoms with Crippen molar-refractivity contribution in [2.24, 2.45) is 5.73 Å². The van der Waals surface area contributed by atoms with Crippen molar-refractivity contribution in [3.05, 3.63) is 31.3 Å². The molecule has 0 spiro atoms. The van der Waals surface area contributed by atoms with Crippen molar-refractivity contribution in [3.63, 3.8) is 0 Å². The highest BCUT2D eigenvalue weighted by molar-refractivity contribution is 7.18. The molecule has 2 aromatic rings. The number of aryl methyl sites for hydroxylation is 2. The highest BCUT2D eigenvalue weighted by Gasteiger charge is 2.29. The number of methoxy groups -OCH3 is 1. The first-order chi connectivity index (χ1) is 14.8. The van der Waals surface area contributed by atoms with Gasteiger partial charge in [-0.25, -0.2) is 24.8 Å². The van der Waals surface area contributed by atoms with E-state index in [1.54, 1.807) is 12.3 Å². The number of urea groups is 1. The van der Waals surface area contributed by atoms with Gasteiger partial charge >= 0.3 is 24.0 Å². The fraction of sp³-hybridized carbons (Fsp3) is 0.529. The van der Waals surface area contributed by atoms with Gasteiger partial charge in [-0.3, -0.25) is 13.9 Å². The van der Waals surface area contributed by atoms with Crippen molar-refractivity contribution in [3.8, 4) is 0 Å².